The molecule has 0 radical (unpaired) electrons. The quantitative estimate of drug-likeness (QED) is 0.510. The molecule has 2 aromatic carbocycles. The molecule has 3 fully saturated rings. The third-order valence-corrected chi connectivity index (χ3v) is 11.3. The highest BCUT2D eigenvalue weighted by molar-refractivity contribution is 8.10. The summed E-state index contributed by atoms with van der Waals surface area (Å²) in [6.07, 6.45) is 1.93. The normalized spacial score (nSPS) is 35.6. The van der Waals surface area contributed by atoms with Gasteiger partial charge in [-0.05, 0) is 58.9 Å². The second kappa shape index (κ2) is 7.53. The van der Waals surface area contributed by atoms with E-state index in [2.05, 4.69) is 36.9 Å². The second-order valence-electron chi connectivity index (χ2n) is 9.98. The topological polar surface area (TPSA) is 46.6 Å². The van der Waals surface area contributed by atoms with Crippen LogP contribution in [0.1, 0.15) is 24.3 Å². The number of anilines is 1. The summed E-state index contributed by atoms with van der Waals surface area (Å²) in [5, 5.41) is 0.384. The summed E-state index contributed by atoms with van der Waals surface area (Å²) in [6, 6.07) is 18.1. The van der Waals surface area contributed by atoms with Crippen LogP contribution in [0.4, 0.5) is 5.69 Å². The van der Waals surface area contributed by atoms with E-state index in [4.69, 9.17) is 4.74 Å². The smallest absolute Gasteiger partial charge is 0.238 e. The van der Waals surface area contributed by atoms with E-state index in [1.807, 2.05) is 47.8 Å². The molecule has 7 atom stereocenters. The number of amides is 2. The molecule has 1 saturated heterocycles. The van der Waals surface area contributed by atoms with Gasteiger partial charge in [-0.1, -0.05) is 48.7 Å². The van der Waals surface area contributed by atoms with Gasteiger partial charge in [0.2, 0.25) is 11.8 Å². The number of benzene rings is 2. The average Bonchev–Trinajstić information content (AvgIpc) is 3.58. The van der Waals surface area contributed by atoms with Gasteiger partial charge >= 0.3 is 0 Å². The fraction of sp³-hybridized carbons (Fsp3) is 0.357. The Kier molecular flexibility index (Phi) is 4.63. The van der Waals surface area contributed by atoms with Crippen molar-refractivity contribution in [1.82, 2.24) is 0 Å². The van der Waals surface area contributed by atoms with Crippen molar-refractivity contribution in [3.63, 3.8) is 0 Å². The minimum Gasteiger partial charge on any atom is -0.497 e. The van der Waals surface area contributed by atoms with Crippen molar-refractivity contribution in [2.45, 2.75) is 24.0 Å². The van der Waals surface area contributed by atoms with Crippen LogP contribution in [-0.4, -0.2) is 24.2 Å². The number of carbonyl (C=O) groups is 2. The monoisotopic (exact) mass is 487 g/mol. The maximum absolute atomic E-state index is 13.8. The predicted molar refractivity (Wildman–Crippen MR) is 136 cm³/mol. The van der Waals surface area contributed by atoms with Gasteiger partial charge in [-0.2, -0.15) is 0 Å². The summed E-state index contributed by atoms with van der Waals surface area (Å²) in [5.41, 5.74) is 1.99. The number of allylic oxidation sites excluding steroid dienone is 3. The first-order valence-electron chi connectivity index (χ1n) is 11.9. The van der Waals surface area contributed by atoms with E-state index in [1.54, 1.807) is 7.11 Å². The molecule has 0 aromatic heterocycles. The SMILES string of the molecule is C=C1CC2=C(S1)[C@H](c1ccccc1)[C@H]1[C@H]3C[C@@H]([C@H]1S2)[C@H]1C(=O)N(c2ccc(OC)cc2)C(=O)[C@@H]31. The number of methoxy groups -OCH3 is 1. The number of imide groups is 1. The number of hydrogen-bond donors (Lipinski definition) is 0. The zero-order valence-electron chi connectivity index (χ0n) is 18.8. The Morgan fingerprint density at radius 3 is 2.38 bits per heavy atom. The maximum atomic E-state index is 13.8. The third-order valence-electron chi connectivity index (χ3n) is 8.48. The standard InChI is InChI=1S/C28H25NO3S2/c1-14-12-20-26(33-14)21(15-6-4-3-5-7-15)22-18-13-19(25(22)34-20)24-23(18)27(30)29(28(24)31)16-8-10-17(32-2)11-9-16/h3-11,18-19,21-25H,1,12-13H2,2H3/t18-,19-,21-,22-,23+,24-,25-/m1/s1. The molecule has 7 rings (SSSR count). The summed E-state index contributed by atoms with van der Waals surface area (Å²) in [6.45, 7) is 4.28. The van der Waals surface area contributed by atoms with E-state index in [0.29, 0.717) is 22.8 Å². The van der Waals surface area contributed by atoms with Crippen LogP contribution in [0.2, 0.25) is 0 Å². The number of thioether (sulfide) groups is 2. The molecule has 2 saturated carbocycles. The Bertz CT molecular complexity index is 1250. The van der Waals surface area contributed by atoms with Crippen molar-refractivity contribution in [2.24, 2.45) is 29.6 Å². The van der Waals surface area contributed by atoms with Crippen LogP contribution in [0.5, 0.6) is 5.75 Å². The first kappa shape index (κ1) is 20.9. The Labute approximate surface area is 207 Å². The van der Waals surface area contributed by atoms with Gasteiger partial charge in [0.1, 0.15) is 5.75 Å². The van der Waals surface area contributed by atoms with Crippen molar-refractivity contribution in [3.05, 3.63) is 81.5 Å². The number of fused-ring (bicyclic) bond motifs is 8. The van der Waals surface area contributed by atoms with Gasteiger partial charge in [0.05, 0.1) is 24.6 Å². The van der Waals surface area contributed by atoms with Crippen molar-refractivity contribution < 1.29 is 14.3 Å². The van der Waals surface area contributed by atoms with Gasteiger partial charge in [0, 0.05) is 27.4 Å². The molecule has 2 amide bonds. The highest BCUT2D eigenvalue weighted by atomic mass is 32.2. The molecule has 34 heavy (non-hydrogen) atoms. The van der Waals surface area contributed by atoms with E-state index in [0.717, 1.165) is 18.6 Å². The zero-order valence-corrected chi connectivity index (χ0v) is 20.5. The summed E-state index contributed by atoms with van der Waals surface area (Å²) in [4.78, 5) is 33.0. The van der Waals surface area contributed by atoms with Crippen molar-refractivity contribution in [3.8, 4) is 5.75 Å². The first-order chi connectivity index (χ1) is 16.6. The molecule has 2 aliphatic carbocycles. The summed E-state index contributed by atoms with van der Waals surface area (Å²) in [5.74, 6) is 1.47. The van der Waals surface area contributed by atoms with Crippen molar-refractivity contribution in [1.29, 1.82) is 0 Å². The summed E-state index contributed by atoms with van der Waals surface area (Å²) in [7, 11) is 1.62. The van der Waals surface area contributed by atoms with Gasteiger partial charge < -0.3 is 4.74 Å². The Balaban J connectivity index is 1.28. The molecule has 4 nitrogen and oxygen atoms in total. The lowest BCUT2D eigenvalue weighted by atomic mass is 9.68. The average molecular weight is 488 g/mol. The second-order valence-corrected chi connectivity index (χ2v) is 12.5. The molecule has 6 heteroatoms. The van der Waals surface area contributed by atoms with Crippen LogP contribution in [-0.2, 0) is 9.59 Å². The van der Waals surface area contributed by atoms with Crippen molar-refractivity contribution >= 4 is 41.0 Å². The van der Waals surface area contributed by atoms with E-state index in [-0.39, 0.29) is 35.5 Å². The van der Waals surface area contributed by atoms with E-state index in [9.17, 15) is 9.59 Å². The van der Waals surface area contributed by atoms with Gasteiger partial charge in [0.15, 0.2) is 0 Å². The number of hydrogen-bond acceptors (Lipinski definition) is 5. The minimum atomic E-state index is -0.204. The van der Waals surface area contributed by atoms with Gasteiger partial charge in [-0.25, -0.2) is 0 Å². The van der Waals surface area contributed by atoms with E-state index in [1.165, 1.54) is 25.2 Å². The number of carbonyl (C=O) groups excluding carboxylic acids is 2. The largest absolute Gasteiger partial charge is 0.497 e. The fourth-order valence-corrected chi connectivity index (χ4v) is 10.6. The van der Waals surface area contributed by atoms with E-state index >= 15 is 0 Å². The van der Waals surface area contributed by atoms with Gasteiger partial charge in [-0.3, -0.25) is 14.5 Å². The lowest BCUT2D eigenvalue weighted by Crippen LogP contribution is -2.42. The molecular weight excluding hydrogens is 462 g/mol. The molecule has 2 bridgehead atoms. The maximum Gasteiger partial charge on any atom is 0.238 e. The number of rotatable bonds is 3. The van der Waals surface area contributed by atoms with Crippen LogP contribution in [0.3, 0.4) is 0 Å². The lowest BCUT2D eigenvalue weighted by Gasteiger charge is -2.44. The first-order valence-corrected chi connectivity index (χ1v) is 13.6. The van der Waals surface area contributed by atoms with Crippen LogP contribution in [0.15, 0.2) is 75.9 Å². The van der Waals surface area contributed by atoms with Crippen LogP contribution in [0, 0.1) is 29.6 Å². The van der Waals surface area contributed by atoms with Crippen LogP contribution in [0.25, 0.3) is 0 Å². The van der Waals surface area contributed by atoms with Gasteiger partial charge in [0.25, 0.3) is 0 Å². The Hall–Kier alpha value is -2.44. The van der Waals surface area contributed by atoms with Crippen molar-refractivity contribution in [2.75, 3.05) is 12.0 Å². The molecular formula is C28H25NO3S2. The van der Waals surface area contributed by atoms with Crippen LogP contribution < -0.4 is 9.64 Å². The summed E-state index contributed by atoms with van der Waals surface area (Å²) >= 11 is 3.84. The highest BCUT2D eigenvalue weighted by Gasteiger charge is 2.69. The molecule has 5 aliphatic rings. The molecule has 3 aliphatic heterocycles. The highest BCUT2D eigenvalue weighted by Crippen LogP contribution is 2.71. The molecule has 0 unspecified atom stereocenters. The molecule has 172 valence electrons. The van der Waals surface area contributed by atoms with E-state index < -0.39 is 0 Å². The summed E-state index contributed by atoms with van der Waals surface area (Å²) < 4.78 is 5.26. The predicted octanol–water partition coefficient (Wildman–Crippen LogP) is 5.83. The molecule has 0 N–H and O–H groups in total. The third kappa shape index (κ3) is 2.75. The minimum absolute atomic E-state index is 0.00652. The number of ether oxygens (including phenoxy) is 1. The molecule has 0 spiro atoms. The lowest BCUT2D eigenvalue weighted by molar-refractivity contribution is -0.123. The Morgan fingerprint density at radius 2 is 1.68 bits per heavy atom. The van der Waals surface area contributed by atoms with Crippen LogP contribution >= 0.6 is 23.5 Å². The zero-order chi connectivity index (χ0) is 23.1. The Morgan fingerprint density at radius 1 is 0.971 bits per heavy atom. The molecule has 3 heterocycles. The molecule has 2 aromatic rings. The number of nitrogens with zero attached hydrogens (tertiary/aromatic N) is 1. The fourth-order valence-electron chi connectivity index (χ4n) is 7.30. The van der Waals surface area contributed by atoms with Gasteiger partial charge in [-0.15, -0.1) is 11.8 Å².